The van der Waals surface area contributed by atoms with Gasteiger partial charge in [-0.2, -0.15) is 0 Å². The largest absolute Gasteiger partial charge is 0.479 e. The molecular weight excluding hydrogens is 630 g/mol. The number of amides is 3. The molecule has 0 unspecified atom stereocenters. The molecule has 10 nitrogen and oxygen atoms in total. The van der Waals surface area contributed by atoms with Crippen LogP contribution in [-0.4, -0.2) is 49.2 Å². The molecule has 1 aliphatic carbocycles. The third-order valence-electron chi connectivity index (χ3n) is 8.47. The van der Waals surface area contributed by atoms with Gasteiger partial charge in [-0.1, -0.05) is 79.9 Å². The van der Waals surface area contributed by atoms with Gasteiger partial charge in [0, 0.05) is 16.9 Å². The van der Waals surface area contributed by atoms with Gasteiger partial charge in [0.2, 0.25) is 0 Å². The molecule has 0 aromatic heterocycles. The standard InChI is InChI=1S/C37H39N3O7S/c41-34(36(43)44)23-38-35(42)30-16-14-26(15-17-30)24-40(32-20-18-29(19-21-32)28-10-5-2-6-11-28)37(45)39-31-12-7-13-33(22-31)48(46,47)25-27-8-3-1-4-9-27/h1,3-4,7-9,12-22,28,34,41H,2,5-6,10-11,23-25H2,(H,38,42)(H,39,45)(H,43,44)/t34-/m1/s1. The molecule has 1 fully saturated rings. The van der Waals surface area contributed by atoms with E-state index in [2.05, 4.69) is 22.8 Å². The van der Waals surface area contributed by atoms with Gasteiger partial charge in [0.1, 0.15) is 0 Å². The SMILES string of the molecule is O=C(NC[C@@H](O)C(=O)O)c1ccc(CN(C(=O)Nc2cccc(S(=O)(=O)Cc3ccccc3)c2)c2ccc(C3CCCCC3)cc2)cc1. The highest BCUT2D eigenvalue weighted by Gasteiger charge is 2.22. The lowest BCUT2D eigenvalue weighted by Gasteiger charge is -2.26. The van der Waals surface area contributed by atoms with Crippen molar-refractivity contribution in [2.45, 2.75) is 61.3 Å². The number of urea groups is 1. The molecule has 5 rings (SSSR count). The van der Waals surface area contributed by atoms with Gasteiger partial charge in [-0.05, 0) is 77.9 Å². The fraction of sp³-hybridized carbons (Fsp3) is 0.270. The van der Waals surface area contributed by atoms with Crippen molar-refractivity contribution in [3.05, 3.63) is 125 Å². The summed E-state index contributed by atoms with van der Waals surface area (Å²) in [4.78, 5) is 38.8. The van der Waals surface area contributed by atoms with E-state index in [9.17, 15) is 27.9 Å². The zero-order valence-corrected chi connectivity index (χ0v) is 27.2. The van der Waals surface area contributed by atoms with Gasteiger partial charge in [-0.3, -0.25) is 9.69 Å². The van der Waals surface area contributed by atoms with Gasteiger partial charge in [0.25, 0.3) is 5.91 Å². The summed E-state index contributed by atoms with van der Waals surface area (Å²) >= 11 is 0. The highest BCUT2D eigenvalue weighted by Crippen LogP contribution is 2.34. The quantitative estimate of drug-likeness (QED) is 0.142. The van der Waals surface area contributed by atoms with E-state index in [0.29, 0.717) is 28.4 Å². The van der Waals surface area contributed by atoms with Crippen molar-refractivity contribution in [3.8, 4) is 0 Å². The Labute approximate surface area is 280 Å². The van der Waals surface area contributed by atoms with E-state index >= 15 is 0 Å². The number of hydrogen-bond acceptors (Lipinski definition) is 6. The van der Waals surface area contributed by atoms with Crippen molar-refractivity contribution in [2.24, 2.45) is 0 Å². The van der Waals surface area contributed by atoms with Gasteiger partial charge in [0.15, 0.2) is 15.9 Å². The average molecular weight is 670 g/mol. The van der Waals surface area contributed by atoms with Crippen LogP contribution >= 0.6 is 0 Å². The maximum Gasteiger partial charge on any atom is 0.334 e. The number of carboxylic acid groups (broad SMARTS) is 1. The van der Waals surface area contributed by atoms with Gasteiger partial charge in [-0.25, -0.2) is 18.0 Å². The number of aliphatic hydroxyl groups is 1. The molecule has 4 aromatic rings. The van der Waals surface area contributed by atoms with Crippen molar-refractivity contribution >= 4 is 39.1 Å². The molecule has 1 aliphatic rings. The number of nitrogens with one attached hydrogen (secondary N) is 2. The number of carbonyl (C=O) groups excluding carboxylic acids is 2. The minimum atomic E-state index is -3.67. The fourth-order valence-corrected chi connectivity index (χ4v) is 7.19. The first-order valence-corrected chi connectivity index (χ1v) is 17.6. The van der Waals surface area contributed by atoms with Crippen molar-refractivity contribution in [2.75, 3.05) is 16.8 Å². The number of carbonyl (C=O) groups is 3. The Bertz CT molecular complexity index is 1820. The van der Waals surface area contributed by atoms with Crippen LogP contribution in [-0.2, 0) is 26.9 Å². The summed E-state index contributed by atoms with van der Waals surface area (Å²) in [6, 6.07) is 29.1. The Morgan fingerprint density at radius 2 is 1.50 bits per heavy atom. The summed E-state index contributed by atoms with van der Waals surface area (Å²) in [6.07, 6.45) is 4.23. The van der Waals surface area contributed by atoms with Crippen LogP contribution < -0.4 is 15.5 Å². The summed E-state index contributed by atoms with van der Waals surface area (Å²) < 4.78 is 26.4. The van der Waals surface area contributed by atoms with E-state index in [-0.39, 0.29) is 22.8 Å². The van der Waals surface area contributed by atoms with Crippen LogP contribution in [0.2, 0.25) is 0 Å². The molecule has 48 heavy (non-hydrogen) atoms. The number of benzene rings is 4. The number of aliphatic hydroxyl groups excluding tert-OH is 1. The number of anilines is 2. The van der Waals surface area contributed by atoms with Crippen LogP contribution in [0.3, 0.4) is 0 Å². The third-order valence-corrected chi connectivity index (χ3v) is 10.2. The molecule has 3 amide bonds. The number of carboxylic acids is 1. The molecule has 1 atom stereocenters. The average Bonchev–Trinajstić information content (AvgIpc) is 3.10. The molecule has 4 N–H and O–H groups in total. The topological polar surface area (TPSA) is 153 Å². The normalized spacial score (nSPS) is 14.1. The van der Waals surface area contributed by atoms with Gasteiger partial charge >= 0.3 is 12.0 Å². The lowest BCUT2D eigenvalue weighted by Crippen LogP contribution is -2.36. The van der Waals surface area contributed by atoms with Crippen molar-refractivity contribution < 1.29 is 33.0 Å². The Kier molecular flexibility index (Phi) is 11.3. The predicted molar refractivity (Wildman–Crippen MR) is 184 cm³/mol. The molecule has 250 valence electrons. The van der Waals surface area contributed by atoms with Crippen molar-refractivity contribution in [3.63, 3.8) is 0 Å². The monoisotopic (exact) mass is 669 g/mol. The Hall–Kier alpha value is -5.00. The summed E-state index contributed by atoms with van der Waals surface area (Å²) in [5.41, 5.74) is 3.84. The molecule has 0 aliphatic heterocycles. The molecular formula is C37H39N3O7S. The van der Waals surface area contributed by atoms with E-state index in [1.807, 2.05) is 18.2 Å². The second-order valence-electron chi connectivity index (χ2n) is 12.0. The maximum atomic E-state index is 13.9. The molecule has 0 bridgehead atoms. The van der Waals surface area contributed by atoms with Crippen molar-refractivity contribution in [1.82, 2.24) is 5.32 Å². The fourth-order valence-electron chi connectivity index (χ4n) is 5.80. The van der Waals surface area contributed by atoms with Gasteiger partial charge in [0.05, 0.1) is 23.7 Å². The molecule has 11 heteroatoms. The molecule has 0 saturated heterocycles. The van der Waals surface area contributed by atoms with Crippen molar-refractivity contribution in [1.29, 1.82) is 0 Å². The van der Waals surface area contributed by atoms with E-state index in [1.54, 1.807) is 65.6 Å². The predicted octanol–water partition coefficient (Wildman–Crippen LogP) is 6.12. The molecule has 4 aromatic carbocycles. The van der Waals surface area contributed by atoms with Crippen LogP contribution in [0.4, 0.5) is 16.2 Å². The zero-order valence-electron chi connectivity index (χ0n) is 26.4. The summed E-state index contributed by atoms with van der Waals surface area (Å²) in [7, 11) is -3.67. The van der Waals surface area contributed by atoms with E-state index in [4.69, 9.17) is 5.11 Å². The van der Waals surface area contributed by atoms with E-state index in [0.717, 1.165) is 12.8 Å². The lowest BCUT2D eigenvalue weighted by atomic mass is 9.84. The first-order valence-electron chi connectivity index (χ1n) is 15.9. The summed E-state index contributed by atoms with van der Waals surface area (Å²) in [5, 5.41) is 23.5. The van der Waals surface area contributed by atoms with Gasteiger partial charge in [-0.15, -0.1) is 0 Å². The maximum absolute atomic E-state index is 13.9. The highest BCUT2D eigenvalue weighted by atomic mass is 32.2. The second kappa shape index (κ2) is 15.7. The lowest BCUT2D eigenvalue weighted by molar-refractivity contribution is -0.146. The molecule has 0 spiro atoms. The first kappa shape index (κ1) is 34.3. The number of hydrogen-bond donors (Lipinski definition) is 4. The van der Waals surface area contributed by atoms with Crippen LogP contribution in [0.5, 0.6) is 0 Å². The summed E-state index contributed by atoms with van der Waals surface area (Å²) in [5.74, 6) is -1.65. The summed E-state index contributed by atoms with van der Waals surface area (Å²) in [6.45, 7) is -0.296. The Morgan fingerprint density at radius 3 is 2.17 bits per heavy atom. The Morgan fingerprint density at radius 1 is 0.812 bits per heavy atom. The van der Waals surface area contributed by atoms with E-state index in [1.165, 1.54) is 37.0 Å². The zero-order chi connectivity index (χ0) is 34.1. The number of rotatable bonds is 12. The number of sulfone groups is 1. The van der Waals surface area contributed by atoms with Crippen LogP contribution in [0, 0.1) is 0 Å². The van der Waals surface area contributed by atoms with Crippen LogP contribution in [0.15, 0.2) is 108 Å². The number of aliphatic carboxylic acids is 1. The molecule has 0 radical (unpaired) electrons. The second-order valence-corrected chi connectivity index (χ2v) is 14.0. The van der Waals surface area contributed by atoms with Gasteiger partial charge < -0.3 is 20.8 Å². The molecule has 1 saturated carbocycles. The smallest absolute Gasteiger partial charge is 0.334 e. The van der Waals surface area contributed by atoms with Crippen LogP contribution in [0.1, 0.15) is 65.1 Å². The highest BCUT2D eigenvalue weighted by molar-refractivity contribution is 7.90. The minimum absolute atomic E-state index is 0.0947. The minimum Gasteiger partial charge on any atom is -0.479 e. The van der Waals surface area contributed by atoms with E-state index < -0.39 is 40.4 Å². The van der Waals surface area contributed by atoms with Crippen LogP contribution in [0.25, 0.3) is 0 Å². The molecule has 0 heterocycles. The Balaban J connectivity index is 1.35. The third kappa shape index (κ3) is 9.08. The first-order chi connectivity index (χ1) is 23.1. The number of nitrogens with zero attached hydrogens (tertiary/aromatic N) is 1.